The third-order valence-electron chi connectivity index (χ3n) is 3.20. The van der Waals surface area contributed by atoms with Gasteiger partial charge in [0.2, 0.25) is 11.8 Å². The smallest absolute Gasteiger partial charge is 0.433 e. The predicted octanol–water partition coefficient (Wildman–Crippen LogP) is 3.42. The van der Waals surface area contributed by atoms with Crippen LogP contribution in [-0.4, -0.2) is 28.7 Å². The first-order chi connectivity index (χ1) is 11.9. The molecule has 0 aliphatic heterocycles. The van der Waals surface area contributed by atoms with Crippen LogP contribution in [0.25, 0.3) is 0 Å². The number of nitrogens with one attached hydrogen (secondary N) is 2. The number of rotatable bonds is 6. The molecule has 2 aromatic rings. The average Bonchev–Trinajstić information content (AvgIpc) is 2.58. The van der Waals surface area contributed by atoms with E-state index in [9.17, 15) is 13.2 Å². The molecule has 0 radical (unpaired) electrons. The zero-order valence-corrected chi connectivity index (χ0v) is 14.2. The number of anilines is 1. The maximum absolute atomic E-state index is 12.8. The number of aryl methyl sites for hydroxylation is 1. The Morgan fingerprint density at radius 1 is 1.20 bits per heavy atom. The van der Waals surface area contributed by atoms with Crippen molar-refractivity contribution < 1.29 is 17.9 Å². The Labute approximate surface area is 148 Å². The van der Waals surface area contributed by atoms with E-state index in [0.29, 0.717) is 6.54 Å². The number of ether oxygens (including phenoxy) is 1. The van der Waals surface area contributed by atoms with E-state index in [1.165, 1.54) is 12.7 Å². The van der Waals surface area contributed by atoms with Gasteiger partial charge in [0.25, 0.3) is 0 Å². The molecule has 1 heterocycles. The highest BCUT2D eigenvalue weighted by molar-refractivity contribution is 7.80. The highest BCUT2D eigenvalue weighted by Gasteiger charge is 2.34. The molecule has 0 unspecified atom stereocenters. The Morgan fingerprint density at radius 3 is 2.56 bits per heavy atom. The van der Waals surface area contributed by atoms with Gasteiger partial charge in [0.05, 0.1) is 7.11 Å². The van der Waals surface area contributed by atoms with Gasteiger partial charge >= 0.3 is 6.18 Å². The maximum Gasteiger partial charge on any atom is 0.433 e. The first kappa shape index (κ1) is 18.9. The predicted molar refractivity (Wildman–Crippen MR) is 92.6 cm³/mol. The van der Waals surface area contributed by atoms with Gasteiger partial charge in [-0.2, -0.15) is 18.2 Å². The highest BCUT2D eigenvalue weighted by atomic mass is 32.1. The van der Waals surface area contributed by atoms with E-state index >= 15 is 0 Å². The average molecular weight is 370 g/mol. The van der Waals surface area contributed by atoms with Crippen LogP contribution in [0, 0.1) is 0 Å². The van der Waals surface area contributed by atoms with Gasteiger partial charge in [-0.15, -0.1) is 0 Å². The zero-order valence-electron chi connectivity index (χ0n) is 13.4. The van der Waals surface area contributed by atoms with E-state index in [1.54, 1.807) is 0 Å². The number of halogens is 3. The van der Waals surface area contributed by atoms with E-state index in [2.05, 4.69) is 20.6 Å². The summed E-state index contributed by atoms with van der Waals surface area (Å²) < 4.78 is 43.2. The van der Waals surface area contributed by atoms with Crippen LogP contribution in [0.2, 0.25) is 0 Å². The van der Waals surface area contributed by atoms with Crippen LogP contribution in [0.3, 0.4) is 0 Å². The summed E-state index contributed by atoms with van der Waals surface area (Å²) in [6.45, 7) is 0.566. The van der Waals surface area contributed by atoms with Crippen LogP contribution >= 0.6 is 12.2 Å². The molecule has 0 amide bonds. The Hall–Kier alpha value is -2.42. The lowest BCUT2D eigenvalue weighted by Gasteiger charge is -2.12. The van der Waals surface area contributed by atoms with Crippen LogP contribution < -0.4 is 15.4 Å². The van der Waals surface area contributed by atoms with Gasteiger partial charge in [-0.25, -0.2) is 4.98 Å². The minimum absolute atomic E-state index is 0.148. The molecule has 5 nitrogen and oxygen atoms in total. The second kappa shape index (κ2) is 8.61. The number of alkyl halides is 3. The van der Waals surface area contributed by atoms with Gasteiger partial charge in [-0.3, -0.25) is 0 Å². The van der Waals surface area contributed by atoms with Crippen LogP contribution in [0.15, 0.2) is 36.4 Å². The molecule has 1 aromatic carbocycles. The molecule has 0 atom stereocenters. The molecule has 2 rings (SSSR count). The van der Waals surface area contributed by atoms with E-state index in [1.807, 2.05) is 30.3 Å². The summed E-state index contributed by atoms with van der Waals surface area (Å²) in [5.74, 6) is -0.469. The number of nitrogens with zero attached hydrogens (tertiary/aromatic N) is 2. The van der Waals surface area contributed by atoms with Crippen molar-refractivity contribution in [3.05, 3.63) is 47.7 Å². The summed E-state index contributed by atoms with van der Waals surface area (Å²) in [6, 6.07) is 10.7. The highest BCUT2D eigenvalue weighted by Crippen LogP contribution is 2.30. The van der Waals surface area contributed by atoms with Gasteiger partial charge in [-0.05, 0) is 30.6 Å². The minimum Gasteiger partial charge on any atom is -0.481 e. The molecule has 2 N–H and O–H groups in total. The van der Waals surface area contributed by atoms with Gasteiger partial charge < -0.3 is 15.4 Å². The molecule has 0 aliphatic carbocycles. The molecule has 9 heteroatoms. The largest absolute Gasteiger partial charge is 0.481 e. The number of benzene rings is 1. The molecule has 0 spiro atoms. The van der Waals surface area contributed by atoms with Crippen LogP contribution in [-0.2, 0) is 12.6 Å². The topological polar surface area (TPSA) is 59.1 Å². The molecule has 25 heavy (non-hydrogen) atoms. The molecule has 0 saturated carbocycles. The van der Waals surface area contributed by atoms with Crippen molar-refractivity contribution in [2.45, 2.75) is 19.0 Å². The maximum atomic E-state index is 12.8. The third kappa shape index (κ3) is 6.18. The van der Waals surface area contributed by atoms with Crippen molar-refractivity contribution in [2.24, 2.45) is 0 Å². The standard InChI is InChI=1S/C16H17F3N4OS/c1-24-13-10-12(16(17,18)19)21-14(22-13)23-15(25)20-9-5-8-11-6-3-2-4-7-11/h2-4,6-7,10H,5,8-9H2,1H3,(H2,20,21,22,23,25). The second-order valence-corrected chi connectivity index (χ2v) is 5.50. The molecule has 0 fully saturated rings. The Morgan fingerprint density at radius 2 is 1.92 bits per heavy atom. The minimum atomic E-state index is -4.60. The summed E-state index contributed by atoms with van der Waals surface area (Å²) in [5.41, 5.74) is 0.0999. The summed E-state index contributed by atoms with van der Waals surface area (Å²) in [4.78, 5) is 7.22. The molecule has 1 aromatic heterocycles. The van der Waals surface area contributed by atoms with Crippen molar-refractivity contribution in [2.75, 3.05) is 19.0 Å². The molecule has 134 valence electrons. The van der Waals surface area contributed by atoms with Gasteiger partial charge in [0, 0.05) is 12.6 Å². The lowest BCUT2D eigenvalue weighted by molar-refractivity contribution is -0.141. The summed E-state index contributed by atoms with van der Waals surface area (Å²) in [7, 11) is 1.23. The second-order valence-electron chi connectivity index (χ2n) is 5.09. The van der Waals surface area contributed by atoms with Crippen LogP contribution in [0.5, 0.6) is 5.88 Å². The summed E-state index contributed by atoms with van der Waals surface area (Å²) in [6.07, 6.45) is -2.92. The fourth-order valence-corrected chi connectivity index (χ4v) is 2.21. The van der Waals surface area contributed by atoms with Crippen molar-refractivity contribution in [1.29, 1.82) is 0 Å². The number of hydrogen-bond acceptors (Lipinski definition) is 4. The van der Waals surface area contributed by atoms with Crippen molar-refractivity contribution in [3.8, 4) is 5.88 Å². The van der Waals surface area contributed by atoms with Gasteiger partial charge in [0.1, 0.15) is 0 Å². The zero-order chi connectivity index (χ0) is 18.3. The molecule has 0 aliphatic rings. The summed E-state index contributed by atoms with van der Waals surface area (Å²) in [5, 5.41) is 5.61. The summed E-state index contributed by atoms with van der Waals surface area (Å²) >= 11 is 5.06. The Balaban J connectivity index is 1.87. The normalized spacial score (nSPS) is 11.0. The van der Waals surface area contributed by atoms with E-state index in [0.717, 1.165) is 18.9 Å². The molecule has 0 saturated heterocycles. The third-order valence-corrected chi connectivity index (χ3v) is 3.44. The number of hydrogen-bond donors (Lipinski definition) is 2. The number of aromatic nitrogens is 2. The fraction of sp³-hybridized carbons (Fsp3) is 0.312. The van der Waals surface area contributed by atoms with Crippen molar-refractivity contribution in [1.82, 2.24) is 15.3 Å². The fourth-order valence-electron chi connectivity index (χ4n) is 2.02. The molecular weight excluding hydrogens is 353 g/mol. The Kier molecular flexibility index (Phi) is 6.51. The monoisotopic (exact) mass is 370 g/mol. The van der Waals surface area contributed by atoms with E-state index < -0.39 is 11.9 Å². The number of methoxy groups -OCH3 is 1. The number of thiocarbonyl (C=S) groups is 1. The molecular formula is C16H17F3N4OS. The van der Waals surface area contributed by atoms with Crippen molar-refractivity contribution >= 4 is 23.3 Å². The van der Waals surface area contributed by atoms with Crippen LogP contribution in [0.4, 0.5) is 19.1 Å². The van der Waals surface area contributed by atoms with E-state index in [4.69, 9.17) is 17.0 Å². The first-order valence-corrected chi connectivity index (χ1v) is 7.88. The first-order valence-electron chi connectivity index (χ1n) is 7.47. The van der Waals surface area contributed by atoms with Crippen molar-refractivity contribution in [3.63, 3.8) is 0 Å². The van der Waals surface area contributed by atoms with E-state index in [-0.39, 0.29) is 16.9 Å². The SMILES string of the molecule is COc1cc(C(F)(F)F)nc(NC(=S)NCCCc2ccccc2)n1. The van der Waals surface area contributed by atoms with Crippen LogP contribution in [0.1, 0.15) is 17.7 Å². The molecule has 0 bridgehead atoms. The van der Waals surface area contributed by atoms with Gasteiger partial charge in [-0.1, -0.05) is 30.3 Å². The van der Waals surface area contributed by atoms with Gasteiger partial charge in [0.15, 0.2) is 10.8 Å². The Bertz CT molecular complexity index is 710. The lowest BCUT2D eigenvalue weighted by Crippen LogP contribution is -2.30. The quantitative estimate of drug-likeness (QED) is 0.600. The lowest BCUT2D eigenvalue weighted by atomic mass is 10.1.